The predicted octanol–water partition coefficient (Wildman–Crippen LogP) is -0.788. The second-order valence-electron chi connectivity index (χ2n) is 3.13. The molecule has 1 fully saturated rings. The van der Waals surface area contributed by atoms with Gasteiger partial charge in [0.1, 0.15) is 5.69 Å². The normalized spacial score (nSPS) is 16.4. The van der Waals surface area contributed by atoms with E-state index in [1.165, 1.54) is 6.20 Å². The van der Waals surface area contributed by atoms with Crippen LogP contribution in [0.5, 0.6) is 0 Å². The molecule has 2 heterocycles. The molecule has 0 aliphatic carbocycles. The van der Waals surface area contributed by atoms with Crippen molar-refractivity contribution >= 4 is 11.9 Å². The van der Waals surface area contributed by atoms with Gasteiger partial charge in [-0.25, -0.2) is 9.97 Å². The number of rotatable bonds is 2. The fourth-order valence-electron chi connectivity index (χ4n) is 1.35. The summed E-state index contributed by atoms with van der Waals surface area (Å²) in [6, 6.07) is 2.59. The van der Waals surface area contributed by atoms with Gasteiger partial charge in [0.2, 0.25) is 5.95 Å². The van der Waals surface area contributed by atoms with E-state index in [0.717, 1.165) is 13.1 Å². The predicted molar refractivity (Wildman–Crippen MR) is 52.4 cm³/mol. The smallest absolute Gasteiger partial charge is 0.268 e. The number of carbonyl (C=O) groups excluding carboxylic acids is 1. The standard InChI is InChI=1S/C9H11N4O2/c10-8(14)7-1-2-11-9(12-7)13-3-5-15-6-4-13/h2H,3-6H2,(H2,10,14). The lowest BCUT2D eigenvalue weighted by Crippen LogP contribution is -2.37. The first-order chi connectivity index (χ1) is 7.27. The highest BCUT2D eigenvalue weighted by molar-refractivity contribution is 5.90. The number of primary amides is 1. The molecule has 6 heteroatoms. The topological polar surface area (TPSA) is 81.3 Å². The number of amides is 1. The number of ether oxygens (including phenoxy) is 1. The Morgan fingerprint density at radius 1 is 1.53 bits per heavy atom. The van der Waals surface area contributed by atoms with Crippen molar-refractivity contribution in [2.24, 2.45) is 5.73 Å². The lowest BCUT2D eigenvalue weighted by molar-refractivity contribution is 0.0995. The average molecular weight is 207 g/mol. The summed E-state index contributed by atoms with van der Waals surface area (Å²) >= 11 is 0. The number of aromatic nitrogens is 2. The Labute approximate surface area is 87.1 Å². The molecule has 1 aromatic heterocycles. The van der Waals surface area contributed by atoms with Gasteiger partial charge < -0.3 is 15.4 Å². The third-order valence-electron chi connectivity index (χ3n) is 2.12. The number of nitrogens with zero attached hydrogens (tertiary/aromatic N) is 3. The molecule has 0 saturated carbocycles. The minimum atomic E-state index is -0.591. The highest BCUT2D eigenvalue weighted by atomic mass is 16.5. The van der Waals surface area contributed by atoms with Crippen molar-refractivity contribution in [3.05, 3.63) is 18.0 Å². The molecule has 1 aliphatic heterocycles. The highest BCUT2D eigenvalue weighted by Gasteiger charge is 2.14. The molecule has 0 aromatic carbocycles. The first-order valence-corrected chi connectivity index (χ1v) is 4.64. The lowest BCUT2D eigenvalue weighted by Gasteiger charge is -2.26. The van der Waals surface area contributed by atoms with Crippen molar-refractivity contribution in [3.8, 4) is 0 Å². The molecule has 79 valence electrons. The van der Waals surface area contributed by atoms with E-state index in [2.05, 4.69) is 16.0 Å². The zero-order chi connectivity index (χ0) is 10.7. The molecule has 1 aliphatic rings. The number of morpholine rings is 1. The molecular weight excluding hydrogens is 196 g/mol. The molecule has 6 nitrogen and oxygen atoms in total. The second kappa shape index (κ2) is 4.22. The Morgan fingerprint density at radius 2 is 2.27 bits per heavy atom. The van der Waals surface area contributed by atoms with Crippen LogP contribution >= 0.6 is 0 Å². The van der Waals surface area contributed by atoms with Crippen LogP contribution in [0.4, 0.5) is 5.95 Å². The van der Waals surface area contributed by atoms with Crippen molar-refractivity contribution in [2.75, 3.05) is 31.2 Å². The lowest BCUT2D eigenvalue weighted by atomic mass is 10.4. The fraction of sp³-hybridized carbons (Fsp3) is 0.444. The van der Waals surface area contributed by atoms with Crippen LogP contribution in [0, 0.1) is 6.07 Å². The summed E-state index contributed by atoms with van der Waals surface area (Å²) in [5.74, 6) is -0.0854. The highest BCUT2D eigenvalue weighted by Crippen LogP contribution is 2.08. The van der Waals surface area contributed by atoms with Gasteiger partial charge in [-0.15, -0.1) is 0 Å². The van der Waals surface area contributed by atoms with Crippen molar-refractivity contribution in [3.63, 3.8) is 0 Å². The Balaban J connectivity index is 2.19. The molecule has 1 amide bonds. The van der Waals surface area contributed by atoms with Crippen LogP contribution in [-0.2, 0) is 4.74 Å². The van der Waals surface area contributed by atoms with E-state index in [4.69, 9.17) is 10.5 Å². The van der Waals surface area contributed by atoms with Crippen LogP contribution in [0.3, 0.4) is 0 Å². The number of hydrogen-bond donors (Lipinski definition) is 1. The van der Waals surface area contributed by atoms with Gasteiger partial charge in [0.25, 0.3) is 5.91 Å². The van der Waals surface area contributed by atoms with Crippen molar-refractivity contribution in [2.45, 2.75) is 0 Å². The number of anilines is 1. The van der Waals surface area contributed by atoms with E-state index in [1.54, 1.807) is 0 Å². The third-order valence-corrected chi connectivity index (χ3v) is 2.12. The Kier molecular flexibility index (Phi) is 2.77. The molecule has 15 heavy (non-hydrogen) atoms. The first-order valence-electron chi connectivity index (χ1n) is 4.64. The van der Waals surface area contributed by atoms with Gasteiger partial charge in [-0.05, 0) is 0 Å². The Bertz CT molecular complexity index is 363. The van der Waals surface area contributed by atoms with Crippen LogP contribution in [0.15, 0.2) is 6.20 Å². The third kappa shape index (κ3) is 2.21. The van der Waals surface area contributed by atoms with Gasteiger partial charge in [0.15, 0.2) is 0 Å². The minimum Gasteiger partial charge on any atom is -0.378 e. The summed E-state index contributed by atoms with van der Waals surface area (Å²) in [4.78, 5) is 20.9. The van der Waals surface area contributed by atoms with Gasteiger partial charge in [-0.1, -0.05) is 0 Å². The molecule has 2 rings (SSSR count). The van der Waals surface area contributed by atoms with E-state index < -0.39 is 5.91 Å². The largest absolute Gasteiger partial charge is 0.378 e. The summed E-state index contributed by atoms with van der Waals surface area (Å²) < 4.78 is 5.20. The van der Waals surface area contributed by atoms with Crippen LogP contribution in [0.2, 0.25) is 0 Å². The quantitative estimate of drug-likeness (QED) is 0.687. The van der Waals surface area contributed by atoms with Crippen LogP contribution < -0.4 is 10.6 Å². The van der Waals surface area contributed by atoms with E-state index >= 15 is 0 Å². The molecule has 0 spiro atoms. The summed E-state index contributed by atoms with van der Waals surface area (Å²) in [5, 5.41) is 0. The SMILES string of the molecule is NC(=O)c1[c]cnc(N2CCOCC2)n1. The number of nitrogens with two attached hydrogens (primary N) is 1. The summed E-state index contributed by atoms with van der Waals surface area (Å²) in [7, 11) is 0. The molecule has 0 unspecified atom stereocenters. The van der Waals surface area contributed by atoms with Gasteiger partial charge in [-0.3, -0.25) is 4.79 Å². The van der Waals surface area contributed by atoms with E-state index in [1.807, 2.05) is 4.90 Å². The molecular formula is C9H11N4O2. The number of carbonyl (C=O) groups is 1. The summed E-state index contributed by atoms with van der Waals surface area (Å²) in [6.45, 7) is 2.74. The fourth-order valence-corrected chi connectivity index (χ4v) is 1.35. The van der Waals surface area contributed by atoms with Gasteiger partial charge in [0.05, 0.1) is 13.2 Å². The summed E-state index contributed by atoms with van der Waals surface area (Å²) in [5.41, 5.74) is 5.23. The average Bonchev–Trinajstić information content (AvgIpc) is 2.30. The van der Waals surface area contributed by atoms with Crippen molar-refractivity contribution < 1.29 is 9.53 Å². The summed E-state index contributed by atoms with van der Waals surface area (Å²) in [6.07, 6.45) is 1.41. The zero-order valence-electron chi connectivity index (χ0n) is 8.14. The maximum absolute atomic E-state index is 10.9. The Morgan fingerprint density at radius 3 is 2.93 bits per heavy atom. The van der Waals surface area contributed by atoms with Crippen molar-refractivity contribution in [1.82, 2.24) is 9.97 Å². The van der Waals surface area contributed by atoms with E-state index in [0.29, 0.717) is 19.2 Å². The molecule has 0 atom stereocenters. The van der Waals surface area contributed by atoms with E-state index in [9.17, 15) is 4.79 Å². The van der Waals surface area contributed by atoms with Gasteiger partial charge >= 0.3 is 0 Å². The number of hydrogen-bond acceptors (Lipinski definition) is 5. The van der Waals surface area contributed by atoms with E-state index in [-0.39, 0.29) is 5.69 Å². The van der Waals surface area contributed by atoms with Gasteiger partial charge in [0, 0.05) is 25.4 Å². The minimum absolute atomic E-state index is 0.117. The molecule has 1 saturated heterocycles. The maximum Gasteiger partial charge on any atom is 0.268 e. The van der Waals surface area contributed by atoms with Gasteiger partial charge in [-0.2, -0.15) is 0 Å². The van der Waals surface area contributed by atoms with Crippen LogP contribution in [0.25, 0.3) is 0 Å². The monoisotopic (exact) mass is 207 g/mol. The first kappa shape index (κ1) is 9.85. The van der Waals surface area contributed by atoms with Crippen LogP contribution in [-0.4, -0.2) is 42.2 Å². The van der Waals surface area contributed by atoms with Crippen LogP contribution in [0.1, 0.15) is 10.5 Å². The van der Waals surface area contributed by atoms with Crippen molar-refractivity contribution in [1.29, 1.82) is 0 Å². The molecule has 2 N–H and O–H groups in total. The molecule has 0 bridgehead atoms. The molecule has 1 radical (unpaired) electrons. The second-order valence-corrected chi connectivity index (χ2v) is 3.13. The Hall–Kier alpha value is -1.69. The molecule has 1 aromatic rings. The maximum atomic E-state index is 10.9. The zero-order valence-corrected chi connectivity index (χ0v) is 8.14.